The normalized spacial score (nSPS) is 15.3. The lowest BCUT2D eigenvalue weighted by Gasteiger charge is -2.15. The summed E-state index contributed by atoms with van der Waals surface area (Å²) in [5.41, 5.74) is 1.25. The Kier molecular flexibility index (Phi) is 6.87. The molecule has 1 saturated heterocycles. The molecule has 1 aliphatic rings. The maximum absolute atomic E-state index is 12.9. The quantitative estimate of drug-likeness (QED) is 0.505. The van der Waals surface area contributed by atoms with Gasteiger partial charge in [0.15, 0.2) is 16.3 Å². The van der Waals surface area contributed by atoms with Crippen molar-refractivity contribution >= 4 is 37.5 Å². The molecule has 10 heteroatoms. The van der Waals surface area contributed by atoms with Crippen molar-refractivity contribution < 1.29 is 22.7 Å². The van der Waals surface area contributed by atoms with Crippen LogP contribution in [0.2, 0.25) is 0 Å². The van der Waals surface area contributed by atoms with Crippen molar-refractivity contribution in [2.45, 2.75) is 37.6 Å². The molecule has 0 aliphatic carbocycles. The molecule has 2 aromatic carbocycles. The number of methoxy groups -OCH3 is 2. The Hall–Kier alpha value is -2.69. The predicted molar refractivity (Wildman–Crippen MR) is 128 cm³/mol. The average molecular weight is 490 g/mol. The van der Waals surface area contributed by atoms with Gasteiger partial charge in [0, 0.05) is 37.3 Å². The number of nitrogens with zero attached hydrogens (tertiary/aromatic N) is 3. The number of aromatic nitrogens is 1. The van der Waals surface area contributed by atoms with E-state index in [1.165, 1.54) is 39.9 Å². The van der Waals surface area contributed by atoms with Crippen molar-refractivity contribution in [1.82, 2.24) is 8.87 Å². The molecule has 0 spiro atoms. The van der Waals surface area contributed by atoms with Gasteiger partial charge in [-0.3, -0.25) is 4.79 Å². The maximum Gasteiger partial charge on any atom is 0.279 e. The second-order valence-electron chi connectivity index (χ2n) is 7.76. The summed E-state index contributed by atoms with van der Waals surface area (Å²) >= 11 is 1.40. The van der Waals surface area contributed by atoms with Crippen LogP contribution in [0.5, 0.6) is 11.5 Å². The van der Waals surface area contributed by atoms with Crippen LogP contribution in [0.4, 0.5) is 0 Å². The number of fused-ring (bicyclic) bond motifs is 1. The Labute approximate surface area is 197 Å². The Bertz CT molecular complexity index is 1330. The molecule has 8 nitrogen and oxygen atoms in total. The Morgan fingerprint density at radius 2 is 1.70 bits per heavy atom. The Morgan fingerprint density at radius 1 is 1.06 bits per heavy atom. The molecule has 2 heterocycles. The molecule has 4 rings (SSSR count). The molecule has 1 aliphatic heterocycles. The highest BCUT2D eigenvalue weighted by atomic mass is 32.2. The van der Waals surface area contributed by atoms with Crippen molar-refractivity contribution in [1.29, 1.82) is 0 Å². The highest BCUT2D eigenvalue weighted by molar-refractivity contribution is 7.89. The van der Waals surface area contributed by atoms with Gasteiger partial charge in [-0.05, 0) is 43.5 Å². The van der Waals surface area contributed by atoms with E-state index in [-0.39, 0.29) is 4.90 Å². The third kappa shape index (κ3) is 4.55. The summed E-state index contributed by atoms with van der Waals surface area (Å²) in [5.74, 6) is 0.804. The van der Waals surface area contributed by atoms with Crippen LogP contribution in [-0.2, 0) is 16.6 Å². The monoisotopic (exact) mass is 489 g/mol. The van der Waals surface area contributed by atoms with Crippen molar-refractivity contribution in [2.75, 3.05) is 27.3 Å². The number of sulfonamides is 1. The molecule has 0 bridgehead atoms. The number of carbonyl (C=O) groups is 1. The van der Waals surface area contributed by atoms with Gasteiger partial charge in [-0.2, -0.15) is 9.30 Å². The number of benzene rings is 2. The molecule has 0 N–H and O–H groups in total. The minimum absolute atomic E-state index is 0.197. The van der Waals surface area contributed by atoms with Crippen LogP contribution in [0.1, 0.15) is 36.5 Å². The maximum atomic E-state index is 12.9. The van der Waals surface area contributed by atoms with E-state index < -0.39 is 15.9 Å². The molecule has 33 heavy (non-hydrogen) atoms. The van der Waals surface area contributed by atoms with E-state index in [2.05, 4.69) is 11.9 Å². The summed E-state index contributed by atoms with van der Waals surface area (Å²) < 4.78 is 40.7. The summed E-state index contributed by atoms with van der Waals surface area (Å²) in [4.78, 5) is 18.1. The molecule has 1 aromatic heterocycles. The number of hydrogen-bond acceptors (Lipinski definition) is 6. The van der Waals surface area contributed by atoms with Gasteiger partial charge in [0.2, 0.25) is 10.0 Å². The average Bonchev–Trinajstić information content (AvgIpc) is 3.48. The fourth-order valence-electron chi connectivity index (χ4n) is 3.92. The van der Waals surface area contributed by atoms with Crippen LogP contribution in [0, 0.1) is 0 Å². The second kappa shape index (κ2) is 9.66. The van der Waals surface area contributed by atoms with Crippen LogP contribution in [0.25, 0.3) is 10.2 Å². The van der Waals surface area contributed by atoms with Crippen LogP contribution < -0.4 is 14.3 Å². The van der Waals surface area contributed by atoms with E-state index >= 15 is 0 Å². The van der Waals surface area contributed by atoms with Gasteiger partial charge in [0.25, 0.3) is 5.91 Å². The van der Waals surface area contributed by atoms with E-state index in [0.29, 0.717) is 41.5 Å². The van der Waals surface area contributed by atoms with E-state index in [0.717, 1.165) is 29.5 Å². The van der Waals surface area contributed by atoms with Gasteiger partial charge >= 0.3 is 0 Å². The minimum Gasteiger partial charge on any atom is -0.493 e. The molecule has 0 atom stereocenters. The van der Waals surface area contributed by atoms with Gasteiger partial charge in [0.1, 0.15) is 0 Å². The summed E-state index contributed by atoms with van der Waals surface area (Å²) in [6, 6.07) is 9.79. The molecule has 176 valence electrons. The van der Waals surface area contributed by atoms with E-state index in [1.54, 1.807) is 14.2 Å². The topological polar surface area (TPSA) is 90.2 Å². The first-order chi connectivity index (χ1) is 15.9. The molecule has 0 radical (unpaired) electrons. The van der Waals surface area contributed by atoms with Gasteiger partial charge in [-0.15, -0.1) is 0 Å². The van der Waals surface area contributed by atoms with Crippen LogP contribution >= 0.6 is 11.3 Å². The first kappa shape index (κ1) is 23.5. The van der Waals surface area contributed by atoms with Gasteiger partial charge < -0.3 is 14.0 Å². The zero-order valence-corrected chi connectivity index (χ0v) is 20.5. The Morgan fingerprint density at radius 3 is 2.30 bits per heavy atom. The van der Waals surface area contributed by atoms with Crippen LogP contribution in [0.15, 0.2) is 46.3 Å². The highest BCUT2D eigenvalue weighted by Crippen LogP contribution is 2.33. The molecule has 1 amide bonds. The molecule has 3 aromatic rings. The summed E-state index contributed by atoms with van der Waals surface area (Å²) in [5, 5.41) is 0. The third-order valence-corrected chi connectivity index (χ3v) is 8.59. The smallest absolute Gasteiger partial charge is 0.279 e. The highest BCUT2D eigenvalue weighted by Gasteiger charge is 2.27. The first-order valence-corrected chi connectivity index (χ1v) is 13.1. The van der Waals surface area contributed by atoms with Gasteiger partial charge in [-0.1, -0.05) is 18.3 Å². The van der Waals surface area contributed by atoms with E-state index in [9.17, 15) is 13.2 Å². The van der Waals surface area contributed by atoms with Gasteiger partial charge in [-0.25, -0.2) is 8.42 Å². The SMILES string of the molecule is CCCn1c(=NC(=O)c2ccc(S(=O)(=O)N3CCCC3)cc2)sc2cc(OC)c(OC)cc21. The second-order valence-corrected chi connectivity index (χ2v) is 10.7. The Balaban J connectivity index is 1.70. The van der Waals surface area contributed by atoms with Crippen LogP contribution in [-0.4, -0.2) is 50.5 Å². The molecule has 1 fully saturated rings. The molecule has 0 saturated carbocycles. The zero-order chi connectivity index (χ0) is 23.6. The van der Waals surface area contributed by atoms with E-state index in [4.69, 9.17) is 9.47 Å². The largest absolute Gasteiger partial charge is 0.493 e. The number of thiazole rings is 1. The summed E-state index contributed by atoms with van der Waals surface area (Å²) in [7, 11) is -0.350. The number of aryl methyl sites for hydroxylation is 1. The lowest BCUT2D eigenvalue weighted by molar-refractivity contribution is 0.0997. The first-order valence-electron chi connectivity index (χ1n) is 10.8. The summed E-state index contributed by atoms with van der Waals surface area (Å²) in [6.07, 6.45) is 2.61. The standard InChI is InChI=1S/C23H27N3O5S2/c1-4-11-26-18-14-19(30-2)20(31-3)15-21(18)32-23(26)24-22(27)16-7-9-17(10-8-16)33(28,29)25-12-5-6-13-25/h7-10,14-15H,4-6,11-13H2,1-3H3. The minimum atomic E-state index is -3.52. The van der Waals surface area contributed by atoms with Crippen molar-refractivity contribution in [3.05, 3.63) is 46.8 Å². The zero-order valence-electron chi connectivity index (χ0n) is 18.9. The third-order valence-electron chi connectivity index (χ3n) is 5.64. The molecule has 0 unspecified atom stereocenters. The fourth-order valence-corrected chi connectivity index (χ4v) is 6.50. The molecular formula is C23H27N3O5S2. The predicted octanol–water partition coefficient (Wildman–Crippen LogP) is 3.66. The van der Waals surface area contributed by atoms with Crippen molar-refractivity contribution in [2.24, 2.45) is 4.99 Å². The van der Waals surface area contributed by atoms with E-state index in [1.807, 2.05) is 16.7 Å². The van der Waals surface area contributed by atoms with Crippen molar-refractivity contribution in [3.63, 3.8) is 0 Å². The van der Waals surface area contributed by atoms with Crippen LogP contribution in [0.3, 0.4) is 0 Å². The number of ether oxygens (including phenoxy) is 2. The number of carbonyl (C=O) groups excluding carboxylic acids is 1. The van der Waals surface area contributed by atoms with Crippen molar-refractivity contribution in [3.8, 4) is 11.5 Å². The summed E-state index contributed by atoms with van der Waals surface area (Å²) in [6.45, 7) is 3.82. The lowest BCUT2D eigenvalue weighted by Crippen LogP contribution is -2.27. The number of rotatable bonds is 7. The van der Waals surface area contributed by atoms with Gasteiger partial charge in [0.05, 0.1) is 29.3 Å². The molecular weight excluding hydrogens is 462 g/mol. The number of hydrogen-bond donors (Lipinski definition) is 0. The number of amides is 1. The lowest BCUT2D eigenvalue weighted by atomic mass is 10.2. The fraction of sp³-hybridized carbons (Fsp3) is 0.391.